The highest BCUT2D eigenvalue weighted by Gasteiger charge is 2.31. The van der Waals surface area contributed by atoms with Gasteiger partial charge in [-0.3, -0.25) is 9.69 Å². The Bertz CT molecular complexity index is 1210. The van der Waals surface area contributed by atoms with E-state index in [0.29, 0.717) is 24.5 Å². The standard InChI is InChI=1S/C29H36N2O4/c1-7-28(30(3)19(2)24-10-8-9-21-15-23(33-4)11-12-25(21)24)31-14-13-20-16-26(34-5)27(35-6)17-22(20)18-29(31)32/h8-12,15-17,19,28H,7,13-14,18H2,1-6H3. The molecule has 1 aliphatic heterocycles. The summed E-state index contributed by atoms with van der Waals surface area (Å²) in [5.74, 6) is 2.37. The van der Waals surface area contributed by atoms with Crippen LogP contribution >= 0.6 is 0 Å². The Labute approximate surface area is 208 Å². The van der Waals surface area contributed by atoms with Crippen LogP contribution in [0.4, 0.5) is 0 Å². The topological polar surface area (TPSA) is 51.2 Å². The quantitative estimate of drug-likeness (QED) is 0.446. The summed E-state index contributed by atoms with van der Waals surface area (Å²) in [6, 6.07) is 16.7. The molecule has 2 unspecified atom stereocenters. The van der Waals surface area contributed by atoms with Gasteiger partial charge in [-0.05, 0) is 78.5 Å². The number of benzene rings is 3. The number of methoxy groups -OCH3 is 3. The van der Waals surface area contributed by atoms with Crippen LogP contribution in [0.5, 0.6) is 17.2 Å². The van der Waals surface area contributed by atoms with Crippen LogP contribution in [0.15, 0.2) is 48.5 Å². The SMILES string of the molecule is CCC(N1CCc2cc(OC)c(OC)cc2CC1=O)N(C)C(C)c1cccc2cc(OC)ccc12. The number of nitrogens with zero attached hydrogens (tertiary/aromatic N) is 2. The molecule has 0 N–H and O–H groups in total. The maximum Gasteiger partial charge on any atom is 0.228 e. The van der Waals surface area contributed by atoms with E-state index in [1.807, 2.05) is 23.1 Å². The molecule has 1 aliphatic rings. The summed E-state index contributed by atoms with van der Waals surface area (Å²) >= 11 is 0. The lowest BCUT2D eigenvalue weighted by atomic mass is 9.98. The van der Waals surface area contributed by atoms with E-state index < -0.39 is 0 Å². The van der Waals surface area contributed by atoms with Crippen molar-refractivity contribution in [2.75, 3.05) is 34.9 Å². The third-order valence-electron chi connectivity index (χ3n) is 7.37. The van der Waals surface area contributed by atoms with E-state index in [-0.39, 0.29) is 18.1 Å². The van der Waals surface area contributed by atoms with Gasteiger partial charge in [-0.2, -0.15) is 0 Å². The Morgan fingerprint density at radius 2 is 1.69 bits per heavy atom. The maximum atomic E-state index is 13.5. The Morgan fingerprint density at radius 1 is 0.971 bits per heavy atom. The number of carbonyl (C=O) groups excluding carboxylic acids is 1. The van der Waals surface area contributed by atoms with Gasteiger partial charge < -0.3 is 19.1 Å². The van der Waals surface area contributed by atoms with Crippen molar-refractivity contribution >= 4 is 16.7 Å². The van der Waals surface area contributed by atoms with Crippen LogP contribution in [0, 0.1) is 0 Å². The molecule has 1 heterocycles. The summed E-state index contributed by atoms with van der Waals surface area (Å²) in [4.78, 5) is 17.9. The van der Waals surface area contributed by atoms with Crippen LogP contribution in [-0.4, -0.2) is 56.8 Å². The number of ether oxygens (including phenoxy) is 3. The molecular formula is C29H36N2O4. The summed E-state index contributed by atoms with van der Waals surface area (Å²) < 4.78 is 16.4. The molecular weight excluding hydrogens is 440 g/mol. The first-order valence-electron chi connectivity index (χ1n) is 12.2. The Hall–Kier alpha value is -3.25. The van der Waals surface area contributed by atoms with Gasteiger partial charge in [0.05, 0.1) is 33.9 Å². The molecule has 4 rings (SSSR count). The van der Waals surface area contributed by atoms with Crippen molar-refractivity contribution in [2.24, 2.45) is 0 Å². The van der Waals surface area contributed by atoms with E-state index in [1.54, 1.807) is 21.3 Å². The molecule has 0 saturated heterocycles. The average molecular weight is 477 g/mol. The predicted octanol–water partition coefficient (Wildman–Crippen LogP) is 5.22. The molecule has 0 aliphatic carbocycles. The van der Waals surface area contributed by atoms with Crippen LogP contribution in [0.25, 0.3) is 10.8 Å². The van der Waals surface area contributed by atoms with E-state index in [9.17, 15) is 4.79 Å². The number of fused-ring (bicyclic) bond motifs is 2. The molecule has 2 atom stereocenters. The summed E-state index contributed by atoms with van der Waals surface area (Å²) in [5.41, 5.74) is 3.40. The van der Waals surface area contributed by atoms with Crippen molar-refractivity contribution < 1.29 is 19.0 Å². The summed E-state index contributed by atoms with van der Waals surface area (Å²) in [7, 11) is 7.08. The zero-order valence-corrected chi connectivity index (χ0v) is 21.6. The smallest absolute Gasteiger partial charge is 0.228 e. The molecule has 0 fully saturated rings. The number of amides is 1. The third kappa shape index (κ3) is 4.80. The minimum absolute atomic E-state index is 0.0101. The second kappa shape index (κ2) is 10.6. The minimum atomic E-state index is -0.0101. The van der Waals surface area contributed by atoms with Crippen LogP contribution in [0.1, 0.15) is 43.0 Å². The molecule has 0 bridgehead atoms. The minimum Gasteiger partial charge on any atom is -0.497 e. The lowest BCUT2D eigenvalue weighted by Crippen LogP contribution is -2.50. The number of rotatable bonds is 8. The lowest BCUT2D eigenvalue weighted by Gasteiger charge is -2.40. The van der Waals surface area contributed by atoms with Crippen molar-refractivity contribution in [3.63, 3.8) is 0 Å². The van der Waals surface area contributed by atoms with Crippen LogP contribution in [0.2, 0.25) is 0 Å². The van der Waals surface area contributed by atoms with E-state index in [0.717, 1.165) is 35.1 Å². The van der Waals surface area contributed by atoms with E-state index in [2.05, 4.69) is 56.1 Å². The van der Waals surface area contributed by atoms with Gasteiger partial charge in [0.25, 0.3) is 0 Å². The highest BCUT2D eigenvalue weighted by molar-refractivity contribution is 5.87. The third-order valence-corrected chi connectivity index (χ3v) is 7.37. The highest BCUT2D eigenvalue weighted by atomic mass is 16.5. The Balaban J connectivity index is 1.61. The fourth-order valence-electron chi connectivity index (χ4n) is 5.29. The molecule has 1 amide bonds. The molecule has 186 valence electrons. The molecule has 35 heavy (non-hydrogen) atoms. The second-order valence-electron chi connectivity index (χ2n) is 9.15. The van der Waals surface area contributed by atoms with Gasteiger partial charge in [0.2, 0.25) is 5.91 Å². The van der Waals surface area contributed by atoms with Gasteiger partial charge in [0, 0.05) is 12.6 Å². The van der Waals surface area contributed by atoms with Crippen LogP contribution in [-0.2, 0) is 17.6 Å². The number of hydrogen-bond acceptors (Lipinski definition) is 5. The van der Waals surface area contributed by atoms with E-state index in [1.165, 1.54) is 10.9 Å². The summed E-state index contributed by atoms with van der Waals surface area (Å²) in [6.07, 6.45) is 1.98. The molecule has 6 nitrogen and oxygen atoms in total. The van der Waals surface area contributed by atoms with Crippen LogP contribution in [0.3, 0.4) is 0 Å². The van der Waals surface area contributed by atoms with E-state index in [4.69, 9.17) is 14.2 Å². The highest BCUT2D eigenvalue weighted by Crippen LogP contribution is 2.35. The van der Waals surface area contributed by atoms with E-state index >= 15 is 0 Å². The number of carbonyl (C=O) groups is 1. The van der Waals surface area contributed by atoms with Gasteiger partial charge in [-0.25, -0.2) is 0 Å². The summed E-state index contributed by atoms with van der Waals surface area (Å²) in [5, 5.41) is 2.36. The van der Waals surface area contributed by atoms with Crippen molar-refractivity contribution in [3.05, 3.63) is 65.2 Å². The molecule has 6 heteroatoms. The zero-order valence-electron chi connectivity index (χ0n) is 21.6. The van der Waals surface area contributed by atoms with Gasteiger partial charge in [-0.15, -0.1) is 0 Å². The fraction of sp³-hybridized carbons (Fsp3) is 0.414. The van der Waals surface area contributed by atoms with Crippen LogP contribution < -0.4 is 14.2 Å². The van der Waals surface area contributed by atoms with Crippen molar-refractivity contribution in [3.8, 4) is 17.2 Å². The first kappa shape index (κ1) is 24.9. The normalized spacial score (nSPS) is 15.5. The van der Waals surface area contributed by atoms with Crippen molar-refractivity contribution in [1.82, 2.24) is 9.80 Å². The zero-order chi connectivity index (χ0) is 25.1. The Morgan fingerprint density at radius 3 is 2.34 bits per heavy atom. The summed E-state index contributed by atoms with van der Waals surface area (Å²) in [6.45, 7) is 5.04. The molecule has 0 saturated carbocycles. The average Bonchev–Trinajstić information content (AvgIpc) is 3.04. The first-order chi connectivity index (χ1) is 16.9. The maximum absolute atomic E-state index is 13.5. The van der Waals surface area contributed by atoms with Gasteiger partial charge in [-0.1, -0.05) is 31.2 Å². The largest absolute Gasteiger partial charge is 0.497 e. The lowest BCUT2D eigenvalue weighted by molar-refractivity contribution is -0.137. The first-order valence-corrected chi connectivity index (χ1v) is 12.2. The number of hydrogen-bond donors (Lipinski definition) is 0. The molecule has 0 aromatic heterocycles. The molecule has 3 aromatic rings. The molecule has 3 aromatic carbocycles. The predicted molar refractivity (Wildman–Crippen MR) is 139 cm³/mol. The molecule has 0 radical (unpaired) electrons. The monoisotopic (exact) mass is 476 g/mol. The molecule has 0 spiro atoms. The van der Waals surface area contributed by atoms with Gasteiger partial charge in [0.1, 0.15) is 5.75 Å². The van der Waals surface area contributed by atoms with Crippen molar-refractivity contribution in [2.45, 2.75) is 45.3 Å². The van der Waals surface area contributed by atoms with Gasteiger partial charge >= 0.3 is 0 Å². The fourth-order valence-corrected chi connectivity index (χ4v) is 5.29. The second-order valence-corrected chi connectivity index (χ2v) is 9.15. The van der Waals surface area contributed by atoms with Gasteiger partial charge in [0.15, 0.2) is 11.5 Å². The Kier molecular flexibility index (Phi) is 7.51. The van der Waals surface area contributed by atoms with Crippen molar-refractivity contribution in [1.29, 1.82) is 0 Å².